The number of halogens is 1. The van der Waals surface area contributed by atoms with Crippen LogP contribution in [0.25, 0.3) is 0 Å². The standard InChI is InChI=1S/C20H24ClN3O4/c1-24(12-19(25)22-11-14-4-7-16(27-2)8-5-14)13-20(26)23-17-10-15(21)6-9-18(17)28-3/h4-10H,11-13H2,1-3H3,(H,22,25)(H,23,26)/p+1. The van der Waals surface area contributed by atoms with Gasteiger partial charge in [0.2, 0.25) is 0 Å². The lowest BCUT2D eigenvalue weighted by Crippen LogP contribution is -3.11. The number of hydrogen-bond donors (Lipinski definition) is 3. The first-order valence-electron chi connectivity index (χ1n) is 8.75. The van der Waals surface area contributed by atoms with Gasteiger partial charge in [0, 0.05) is 11.6 Å². The Kier molecular flexibility index (Phi) is 8.10. The van der Waals surface area contributed by atoms with Crippen LogP contribution < -0.4 is 25.0 Å². The number of quaternary nitrogens is 1. The smallest absolute Gasteiger partial charge is 0.279 e. The van der Waals surface area contributed by atoms with Crippen LogP contribution in [0.4, 0.5) is 5.69 Å². The summed E-state index contributed by atoms with van der Waals surface area (Å²) in [6.07, 6.45) is 0. The van der Waals surface area contributed by atoms with Gasteiger partial charge in [-0.15, -0.1) is 0 Å². The quantitative estimate of drug-likeness (QED) is 0.583. The van der Waals surface area contributed by atoms with Gasteiger partial charge in [-0.3, -0.25) is 9.59 Å². The molecule has 1 unspecified atom stereocenters. The molecule has 0 fully saturated rings. The Morgan fingerprint density at radius 2 is 1.68 bits per heavy atom. The normalized spacial score (nSPS) is 11.4. The molecule has 8 heteroatoms. The Labute approximate surface area is 169 Å². The van der Waals surface area contributed by atoms with E-state index in [4.69, 9.17) is 21.1 Å². The Hall–Kier alpha value is -2.77. The Bertz CT molecular complexity index is 812. The lowest BCUT2D eigenvalue weighted by atomic mass is 10.2. The van der Waals surface area contributed by atoms with E-state index >= 15 is 0 Å². The number of hydrogen-bond acceptors (Lipinski definition) is 4. The molecule has 0 aliphatic rings. The molecule has 150 valence electrons. The maximum Gasteiger partial charge on any atom is 0.279 e. The summed E-state index contributed by atoms with van der Waals surface area (Å²) in [4.78, 5) is 25.1. The summed E-state index contributed by atoms with van der Waals surface area (Å²) in [7, 11) is 4.90. The molecule has 0 bridgehead atoms. The molecule has 0 radical (unpaired) electrons. The number of likely N-dealkylation sites (N-methyl/N-ethyl adjacent to an activating group) is 1. The minimum absolute atomic E-state index is 0.131. The monoisotopic (exact) mass is 406 g/mol. The summed E-state index contributed by atoms with van der Waals surface area (Å²) >= 11 is 5.96. The third-order valence-electron chi connectivity index (χ3n) is 4.01. The van der Waals surface area contributed by atoms with E-state index in [1.54, 1.807) is 32.4 Å². The van der Waals surface area contributed by atoms with Crippen molar-refractivity contribution in [3.63, 3.8) is 0 Å². The Balaban J connectivity index is 1.79. The van der Waals surface area contributed by atoms with E-state index in [0.29, 0.717) is 23.0 Å². The van der Waals surface area contributed by atoms with Gasteiger partial charge in [0.1, 0.15) is 11.5 Å². The maximum absolute atomic E-state index is 12.2. The number of anilines is 1. The molecule has 3 N–H and O–H groups in total. The van der Waals surface area contributed by atoms with E-state index < -0.39 is 0 Å². The Morgan fingerprint density at radius 1 is 1.00 bits per heavy atom. The SMILES string of the molecule is COc1ccc(CNC(=O)C[NH+](C)CC(=O)Nc2cc(Cl)ccc2OC)cc1. The van der Waals surface area contributed by atoms with E-state index in [1.165, 1.54) is 7.11 Å². The van der Waals surface area contributed by atoms with Crippen LogP contribution in [0.15, 0.2) is 42.5 Å². The van der Waals surface area contributed by atoms with Gasteiger partial charge in [-0.1, -0.05) is 23.7 Å². The van der Waals surface area contributed by atoms with Crippen molar-refractivity contribution in [2.24, 2.45) is 0 Å². The molecule has 0 aliphatic carbocycles. The fraction of sp³-hybridized carbons (Fsp3) is 0.300. The van der Waals surface area contributed by atoms with Crippen LogP contribution in [0.2, 0.25) is 5.02 Å². The van der Waals surface area contributed by atoms with Gasteiger partial charge in [0.15, 0.2) is 13.1 Å². The number of carbonyl (C=O) groups is 2. The van der Waals surface area contributed by atoms with Crippen molar-refractivity contribution in [2.75, 3.05) is 39.7 Å². The first-order valence-corrected chi connectivity index (χ1v) is 9.13. The number of nitrogens with one attached hydrogen (secondary N) is 3. The molecule has 0 aliphatic heterocycles. The van der Waals surface area contributed by atoms with Gasteiger partial charge in [-0.05, 0) is 35.9 Å². The number of benzene rings is 2. The predicted molar refractivity (Wildman–Crippen MR) is 108 cm³/mol. The van der Waals surface area contributed by atoms with Gasteiger partial charge < -0.3 is 25.0 Å². The summed E-state index contributed by atoms with van der Waals surface area (Å²) in [6, 6.07) is 12.4. The third-order valence-corrected chi connectivity index (χ3v) is 4.24. The van der Waals surface area contributed by atoms with Crippen molar-refractivity contribution in [2.45, 2.75) is 6.54 Å². The zero-order chi connectivity index (χ0) is 20.5. The minimum Gasteiger partial charge on any atom is -0.497 e. The van der Waals surface area contributed by atoms with Gasteiger partial charge in [-0.25, -0.2) is 0 Å². The molecule has 0 saturated heterocycles. The molecule has 0 spiro atoms. The maximum atomic E-state index is 12.2. The molecule has 2 aromatic rings. The third kappa shape index (κ3) is 6.75. The molecule has 0 heterocycles. The van der Waals surface area contributed by atoms with E-state index in [9.17, 15) is 9.59 Å². The molecule has 7 nitrogen and oxygen atoms in total. The molecule has 0 saturated carbocycles. The van der Waals surface area contributed by atoms with Crippen LogP contribution in [-0.2, 0) is 16.1 Å². The highest BCUT2D eigenvalue weighted by Crippen LogP contribution is 2.27. The van der Waals surface area contributed by atoms with Crippen molar-refractivity contribution in [3.8, 4) is 11.5 Å². The number of carbonyl (C=O) groups excluding carboxylic acids is 2. The number of rotatable bonds is 9. The van der Waals surface area contributed by atoms with Crippen molar-refractivity contribution in [3.05, 3.63) is 53.1 Å². The van der Waals surface area contributed by atoms with Gasteiger partial charge >= 0.3 is 0 Å². The summed E-state index contributed by atoms with van der Waals surface area (Å²) in [6.45, 7) is 0.726. The highest BCUT2D eigenvalue weighted by Gasteiger charge is 2.16. The van der Waals surface area contributed by atoms with Crippen molar-refractivity contribution in [1.82, 2.24) is 5.32 Å². The van der Waals surface area contributed by atoms with Crippen molar-refractivity contribution in [1.29, 1.82) is 0 Å². The average Bonchev–Trinajstić information content (AvgIpc) is 2.66. The minimum atomic E-state index is -0.235. The summed E-state index contributed by atoms with van der Waals surface area (Å²) in [5.41, 5.74) is 1.47. The first kappa shape index (κ1) is 21.5. The molecule has 2 rings (SSSR count). The zero-order valence-electron chi connectivity index (χ0n) is 16.2. The topological polar surface area (TPSA) is 81.1 Å². The lowest BCUT2D eigenvalue weighted by molar-refractivity contribution is -0.862. The predicted octanol–water partition coefficient (Wildman–Crippen LogP) is 1.13. The number of ether oxygens (including phenoxy) is 2. The van der Waals surface area contributed by atoms with Gasteiger partial charge in [-0.2, -0.15) is 0 Å². The van der Waals surface area contributed by atoms with Crippen LogP contribution in [-0.4, -0.2) is 46.2 Å². The zero-order valence-corrected chi connectivity index (χ0v) is 16.9. The Morgan fingerprint density at radius 3 is 2.32 bits per heavy atom. The van der Waals surface area contributed by atoms with E-state index in [1.807, 2.05) is 24.3 Å². The first-order chi connectivity index (χ1) is 13.4. The second-order valence-corrected chi connectivity index (χ2v) is 6.76. The van der Waals surface area contributed by atoms with E-state index in [0.717, 1.165) is 16.2 Å². The summed E-state index contributed by atoms with van der Waals surface area (Å²) in [5.74, 6) is 0.914. The van der Waals surface area contributed by atoms with Crippen LogP contribution in [0.5, 0.6) is 11.5 Å². The van der Waals surface area contributed by atoms with Gasteiger partial charge in [0.25, 0.3) is 11.8 Å². The molecule has 28 heavy (non-hydrogen) atoms. The summed E-state index contributed by atoms with van der Waals surface area (Å²) < 4.78 is 10.3. The number of methoxy groups -OCH3 is 2. The van der Waals surface area contributed by atoms with Crippen LogP contribution >= 0.6 is 11.6 Å². The van der Waals surface area contributed by atoms with E-state index in [2.05, 4.69) is 10.6 Å². The van der Waals surface area contributed by atoms with Crippen LogP contribution in [0, 0.1) is 0 Å². The summed E-state index contributed by atoms with van der Waals surface area (Å²) in [5, 5.41) is 6.10. The average molecular weight is 407 g/mol. The van der Waals surface area contributed by atoms with Crippen molar-refractivity contribution < 1.29 is 24.0 Å². The largest absolute Gasteiger partial charge is 0.497 e. The van der Waals surface area contributed by atoms with Crippen LogP contribution in [0.3, 0.4) is 0 Å². The fourth-order valence-electron chi connectivity index (χ4n) is 2.59. The highest BCUT2D eigenvalue weighted by molar-refractivity contribution is 6.31. The molecule has 0 aromatic heterocycles. The molecule has 1 atom stereocenters. The van der Waals surface area contributed by atoms with E-state index in [-0.39, 0.29) is 24.9 Å². The highest BCUT2D eigenvalue weighted by atomic mass is 35.5. The molecule has 2 aromatic carbocycles. The lowest BCUT2D eigenvalue weighted by Gasteiger charge is -2.15. The van der Waals surface area contributed by atoms with Gasteiger partial charge in [0.05, 0.1) is 27.0 Å². The molecule has 2 amide bonds. The second kappa shape index (κ2) is 10.5. The number of amides is 2. The molecular formula is C20H25ClN3O4+. The molecular weight excluding hydrogens is 382 g/mol. The van der Waals surface area contributed by atoms with Crippen molar-refractivity contribution >= 4 is 29.1 Å². The second-order valence-electron chi connectivity index (χ2n) is 6.33. The van der Waals surface area contributed by atoms with Crippen LogP contribution in [0.1, 0.15) is 5.56 Å². The fourth-order valence-corrected chi connectivity index (χ4v) is 2.76.